The standard InChI is InChI=1S/C13H20N2O3/c1-4-7-13(2,3)14-11(16)9-15-8-5-6-10(15)12(17)18/h5-6,8H,4,7,9H2,1-3H3,(H,14,16)(H,17,18). The number of aromatic carboxylic acids is 1. The van der Waals surface area contributed by atoms with Crippen molar-refractivity contribution < 1.29 is 14.7 Å². The molecule has 5 heteroatoms. The number of nitrogens with zero attached hydrogens (tertiary/aromatic N) is 1. The first-order chi connectivity index (χ1) is 8.35. The van der Waals surface area contributed by atoms with Gasteiger partial charge in [-0.2, -0.15) is 0 Å². The first kappa shape index (κ1) is 14.3. The molecule has 0 saturated heterocycles. The number of nitrogens with one attached hydrogen (secondary N) is 1. The van der Waals surface area contributed by atoms with Gasteiger partial charge in [-0.3, -0.25) is 4.79 Å². The molecule has 1 amide bonds. The van der Waals surface area contributed by atoms with Crippen LogP contribution in [0.25, 0.3) is 0 Å². The first-order valence-electron chi connectivity index (χ1n) is 6.05. The molecule has 18 heavy (non-hydrogen) atoms. The second kappa shape index (κ2) is 5.71. The molecule has 100 valence electrons. The van der Waals surface area contributed by atoms with Gasteiger partial charge >= 0.3 is 5.97 Å². The van der Waals surface area contributed by atoms with Crippen LogP contribution < -0.4 is 5.32 Å². The van der Waals surface area contributed by atoms with E-state index in [1.165, 1.54) is 10.6 Å². The Hall–Kier alpha value is -1.78. The molecule has 0 saturated carbocycles. The monoisotopic (exact) mass is 252 g/mol. The van der Waals surface area contributed by atoms with E-state index >= 15 is 0 Å². The number of carboxylic acids is 1. The topological polar surface area (TPSA) is 71.3 Å². The molecule has 0 atom stereocenters. The van der Waals surface area contributed by atoms with Crippen molar-refractivity contribution in [3.63, 3.8) is 0 Å². The van der Waals surface area contributed by atoms with Crippen LogP contribution >= 0.6 is 0 Å². The number of hydrogen-bond donors (Lipinski definition) is 2. The molecule has 0 aliphatic carbocycles. The fraction of sp³-hybridized carbons (Fsp3) is 0.538. The van der Waals surface area contributed by atoms with Crippen molar-refractivity contribution in [3.05, 3.63) is 24.0 Å². The van der Waals surface area contributed by atoms with E-state index < -0.39 is 5.97 Å². The second-order valence-electron chi connectivity index (χ2n) is 5.01. The number of carbonyl (C=O) groups excluding carboxylic acids is 1. The zero-order valence-corrected chi connectivity index (χ0v) is 11.1. The van der Waals surface area contributed by atoms with Crippen LogP contribution in [0.2, 0.25) is 0 Å². The fourth-order valence-electron chi connectivity index (χ4n) is 2.01. The summed E-state index contributed by atoms with van der Waals surface area (Å²) in [6.07, 6.45) is 3.46. The van der Waals surface area contributed by atoms with Gasteiger partial charge < -0.3 is 15.0 Å². The van der Waals surface area contributed by atoms with Crippen molar-refractivity contribution >= 4 is 11.9 Å². The van der Waals surface area contributed by atoms with Crippen LogP contribution in [0.3, 0.4) is 0 Å². The maximum Gasteiger partial charge on any atom is 0.352 e. The summed E-state index contributed by atoms with van der Waals surface area (Å²) in [6.45, 7) is 6.01. The molecule has 0 radical (unpaired) electrons. The van der Waals surface area contributed by atoms with Gasteiger partial charge in [0.1, 0.15) is 12.2 Å². The van der Waals surface area contributed by atoms with Crippen LogP contribution in [0.5, 0.6) is 0 Å². The highest BCUT2D eigenvalue weighted by atomic mass is 16.4. The predicted molar refractivity (Wildman–Crippen MR) is 68.5 cm³/mol. The molecule has 0 aliphatic heterocycles. The Morgan fingerprint density at radius 3 is 2.67 bits per heavy atom. The Bertz CT molecular complexity index is 435. The molecule has 0 aliphatic rings. The van der Waals surface area contributed by atoms with Gasteiger partial charge in [0.2, 0.25) is 5.91 Å². The van der Waals surface area contributed by atoms with E-state index in [0.717, 1.165) is 12.8 Å². The number of carboxylic acid groups (broad SMARTS) is 1. The van der Waals surface area contributed by atoms with Crippen molar-refractivity contribution in [2.24, 2.45) is 0 Å². The molecule has 5 nitrogen and oxygen atoms in total. The van der Waals surface area contributed by atoms with Crippen molar-refractivity contribution in [3.8, 4) is 0 Å². The fourth-order valence-corrected chi connectivity index (χ4v) is 2.01. The average Bonchev–Trinajstić information content (AvgIpc) is 2.64. The van der Waals surface area contributed by atoms with Crippen LogP contribution in [0.15, 0.2) is 18.3 Å². The normalized spacial score (nSPS) is 11.3. The third-order valence-corrected chi connectivity index (χ3v) is 2.72. The van der Waals surface area contributed by atoms with Gasteiger partial charge in [-0.15, -0.1) is 0 Å². The predicted octanol–water partition coefficient (Wildman–Crippen LogP) is 1.88. The highest BCUT2D eigenvalue weighted by molar-refractivity contribution is 5.87. The van der Waals surface area contributed by atoms with Gasteiger partial charge in [-0.1, -0.05) is 13.3 Å². The van der Waals surface area contributed by atoms with E-state index in [1.807, 2.05) is 13.8 Å². The summed E-state index contributed by atoms with van der Waals surface area (Å²) in [4.78, 5) is 22.8. The molecule has 0 aromatic carbocycles. The van der Waals surface area contributed by atoms with Crippen LogP contribution in [-0.4, -0.2) is 27.1 Å². The second-order valence-corrected chi connectivity index (χ2v) is 5.01. The molecular weight excluding hydrogens is 232 g/mol. The summed E-state index contributed by atoms with van der Waals surface area (Å²) in [6, 6.07) is 3.10. The molecule has 1 aromatic heterocycles. The lowest BCUT2D eigenvalue weighted by atomic mass is 9.99. The number of hydrogen-bond acceptors (Lipinski definition) is 2. The maximum absolute atomic E-state index is 11.9. The number of rotatable bonds is 6. The molecule has 1 heterocycles. The summed E-state index contributed by atoms with van der Waals surface area (Å²) < 4.78 is 1.43. The van der Waals surface area contributed by atoms with Crippen LogP contribution in [0.4, 0.5) is 0 Å². The molecule has 0 bridgehead atoms. The van der Waals surface area contributed by atoms with Crippen LogP contribution in [0, 0.1) is 0 Å². The lowest BCUT2D eigenvalue weighted by molar-refractivity contribution is -0.123. The lowest BCUT2D eigenvalue weighted by Crippen LogP contribution is -2.44. The van der Waals surface area contributed by atoms with E-state index in [9.17, 15) is 9.59 Å². The van der Waals surface area contributed by atoms with E-state index in [4.69, 9.17) is 5.11 Å². The van der Waals surface area contributed by atoms with Crippen LogP contribution in [-0.2, 0) is 11.3 Å². The quantitative estimate of drug-likeness (QED) is 0.812. The number of carbonyl (C=O) groups is 2. The maximum atomic E-state index is 11.9. The molecule has 1 aromatic rings. The molecule has 0 unspecified atom stereocenters. The first-order valence-corrected chi connectivity index (χ1v) is 6.05. The largest absolute Gasteiger partial charge is 0.477 e. The smallest absolute Gasteiger partial charge is 0.352 e. The van der Waals surface area contributed by atoms with Gasteiger partial charge in [-0.05, 0) is 32.4 Å². The van der Waals surface area contributed by atoms with Gasteiger partial charge in [0.05, 0.1) is 0 Å². The zero-order chi connectivity index (χ0) is 13.8. The van der Waals surface area contributed by atoms with Crippen molar-refractivity contribution in [2.45, 2.75) is 45.7 Å². The molecule has 0 spiro atoms. The Morgan fingerprint density at radius 1 is 1.44 bits per heavy atom. The Kier molecular flexibility index (Phi) is 4.53. The summed E-state index contributed by atoms with van der Waals surface area (Å²) >= 11 is 0. The molecule has 0 fully saturated rings. The molecular formula is C13H20N2O3. The van der Waals surface area contributed by atoms with Gasteiger partial charge in [0.15, 0.2) is 0 Å². The molecule has 1 rings (SSSR count). The average molecular weight is 252 g/mol. The summed E-state index contributed by atoms with van der Waals surface area (Å²) in [5.41, 5.74) is -0.138. The van der Waals surface area contributed by atoms with E-state index in [2.05, 4.69) is 12.2 Å². The van der Waals surface area contributed by atoms with Crippen molar-refractivity contribution in [2.75, 3.05) is 0 Å². The van der Waals surface area contributed by atoms with Gasteiger partial charge in [0, 0.05) is 11.7 Å². The minimum Gasteiger partial charge on any atom is -0.477 e. The third kappa shape index (κ3) is 3.91. The Balaban J connectivity index is 2.65. The minimum atomic E-state index is -1.03. The SMILES string of the molecule is CCCC(C)(C)NC(=O)Cn1cccc1C(=O)O. The van der Waals surface area contributed by atoms with Crippen molar-refractivity contribution in [1.29, 1.82) is 0 Å². The van der Waals surface area contributed by atoms with Crippen molar-refractivity contribution in [1.82, 2.24) is 9.88 Å². The van der Waals surface area contributed by atoms with Crippen LogP contribution in [0.1, 0.15) is 44.1 Å². The molecule has 2 N–H and O–H groups in total. The third-order valence-electron chi connectivity index (χ3n) is 2.72. The van der Waals surface area contributed by atoms with E-state index in [-0.39, 0.29) is 23.7 Å². The minimum absolute atomic E-state index is 0.0295. The number of amides is 1. The van der Waals surface area contributed by atoms with E-state index in [1.54, 1.807) is 12.3 Å². The lowest BCUT2D eigenvalue weighted by Gasteiger charge is -2.26. The Labute approximate surface area is 107 Å². The van der Waals surface area contributed by atoms with Gasteiger partial charge in [-0.25, -0.2) is 4.79 Å². The highest BCUT2D eigenvalue weighted by Gasteiger charge is 2.20. The summed E-state index contributed by atoms with van der Waals surface area (Å²) in [7, 11) is 0. The zero-order valence-electron chi connectivity index (χ0n) is 11.1. The summed E-state index contributed by atoms with van der Waals surface area (Å²) in [5, 5.41) is 11.8. The highest BCUT2D eigenvalue weighted by Crippen LogP contribution is 2.11. The summed E-state index contributed by atoms with van der Waals surface area (Å²) in [5.74, 6) is -1.20. The van der Waals surface area contributed by atoms with E-state index in [0.29, 0.717) is 0 Å². The Morgan fingerprint density at radius 2 is 2.11 bits per heavy atom. The number of aromatic nitrogens is 1. The van der Waals surface area contributed by atoms with Gasteiger partial charge in [0.25, 0.3) is 0 Å².